The molecule has 3 heteroatoms. The maximum atomic E-state index is 5.74. The third kappa shape index (κ3) is 3.19. The fraction of sp³-hybridized carbons (Fsp3) is 0.312. The first-order valence-electron chi connectivity index (χ1n) is 6.54. The van der Waals surface area contributed by atoms with Crippen molar-refractivity contribution in [2.75, 3.05) is 0 Å². The summed E-state index contributed by atoms with van der Waals surface area (Å²) >= 11 is 0. The monoisotopic (exact) mass is 255 g/mol. The molecule has 1 atom stereocenters. The third-order valence-corrected chi connectivity index (χ3v) is 3.62. The van der Waals surface area contributed by atoms with Crippen LogP contribution in [0.2, 0.25) is 0 Å². The van der Waals surface area contributed by atoms with Crippen LogP contribution >= 0.6 is 0 Å². The number of nitrogens with two attached hydrogens (primary N) is 1. The number of nitrogens with one attached hydrogen (secondary N) is 1. The molecule has 0 saturated carbocycles. The molecule has 0 bridgehead atoms. The number of rotatable bonds is 4. The van der Waals surface area contributed by atoms with Crippen molar-refractivity contribution in [2.45, 2.75) is 33.2 Å². The van der Waals surface area contributed by atoms with Gasteiger partial charge in [-0.2, -0.15) is 0 Å². The van der Waals surface area contributed by atoms with Crippen molar-refractivity contribution in [2.24, 2.45) is 5.84 Å². The predicted octanol–water partition coefficient (Wildman–Crippen LogP) is 2.75. The minimum absolute atomic E-state index is 0.114. The highest BCUT2D eigenvalue weighted by atomic mass is 15.2. The van der Waals surface area contributed by atoms with Crippen LogP contribution in [0.1, 0.15) is 33.9 Å². The second-order valence-electron chi connectivity index (χ2n) is 5.08. The Hall–Kier alpha value is -1.71. The lowest BCUT2D eigenvalue weighted by atomic mass is 9.93. The Bertz CT molecular complexity index is 549. The fourth-order valence-electron chi connectivity index (χ4n) is 2.37. The van der Waals surface area contributed by atoms with E-state index in [-0.39, 0.29) is 6.04 Å². The zero-order chi connectivity index (χ0) is 13.8. The largest absolute Gasteiger partial charge is 0.271 e. The molecular weight excluding hydrogens is 234 g/mol. The molecule has 0 spiro atoms. The molecule has 0 fully saturated rings. The van der Waals surface area contributed by atoms with Crippen molar-refractivity contribution >= 4 is 0 Å². The van der Waals surface area contributed by atoms with E-state index in [2.05, 4.69) is 49.4 Å². The van der Waals surface area contributed by atoms with Gasteiger partial charge in [0.05, 0.1) is 6.04 Å². The SMILES string of the molecule is Cc1cc(C)c(C(Cc2cccnc2)NN)cc1C. The average molecular weight is 255 g/mol. The summed E-state index contributed by atoms with van der Waals surface area (Å²) in [6.45, 7) is 6.41. The van der Waals surface area contributed by atoms with Crippen molar-refractivity contribution in [3.05, 3.63) is 64.5 Å². The Balaban J connectivity index is 2.30. The van der Waals surface area contributed by atoms with E-state index < -0.39 is 0 Å². The van der Waals surface area contributed by atoms with Crippen LogP contribution in [0.4, 0.5) is 0 Å². The molecule has 1 heterocycles. The van der Waals surface area contributed by atoms with Crippen LogP contribution < -0.4 is 11.3 Å². The highest BCUT2D eigenvalue weighted by Gasteiger charge is 2.14. The van der Waals surface area contributed by atoms with Gasteiger partial charge < -0.3 is 0 Å². The summed E-state index contributed by atoms with van der Waals surface area (Å²) in [6, 6.07) is 8.59. The topological polar surface area (TPSA) is 50.9 Å². The van der Waals surface area contributed by atoms with Crippen LogP contribution in [0.3, 0.4) is 0 Å². The molecule has 2 aromatic rings. The van der Waals surface area contributed by atoms with Gasteiger partial charge in [0.2, 0.25) is 0 Å². The summed E-state index contributed by atoms with van der Waals surface area (Å²) in [6.07, 6.45) is 4.52. The van der Waals surface area contributed by atoms with Crippen molar-refractivity contribution in [1.82, 2.24) is 10.4 Å². The molecule has 0 aliphatic rings. The molecule has 0 radical (unpaired) electrons. The normalized spacial score (nSPS) is 12.4. The summed E-state index contributed by atoms with van der Waals surface area (Å²) in [5.41, 5.74) is 9.26. The van der Waals surface area contributed by atoms with E-state index in [1.807, 2.05) is 12.3 Å². The summed E-state index contributed by atoms with van der Waals surface area (Å²) in [4.78, 5) is 4.15. The van der Waals surface area contributed by atoms with Gasteiger partial charge in [0.15, 0.2) is 0 Å². The Morgan fingerprint density at radius 2 is 1.89 bits per heavy atom. The first-order chi connectivity index (χ1) is 9.11. The van der Waals surface area contributed by atoms with Crippen LogP contribution in [-0.2, 0) is 6.42 Å². The summed E-state index contributed by atoms with van der Waals surface area (Å²) < 4.78 is 0. The van der Waals surface area contributed by atoms with Crippen LogP contribution in [0.25, 0.3) is 0 Å². The molecule has 0 aliphatic heterocycles. The minimum atomic E-state index is 0.114. The van der Waals surface area contributed by atoms with Crippen LogP contribution in [0.5, 0.6) is 0 Å². The molecule has 100 valence electrons. The first-order valence-corrected chi connectivity index (χ1v) is 6.54. The van der Waals surface area contributed by atoms with E-state index in [0.717, 1.165) is 6.42 Å². The Labute approximate surface area is 114 Å². The second kappa shape index (κ2) is 5.95. The molecule has 19 heavy (non-hydrogen) atoms. The Kier molecular flexibility index (Phi) is 4.30. The lowest BCUT2D eigenvalue weighted by Gasteiger charge is -2.20. The van der Waals surface area contributed by atoms with Gasteiger partial charge in [0.1, 0.15) is 0 Å². The Morgan fingerprint density at radius 1 is 1.16 bits per heavy atom. The van der Waals surface area contributed by atoms with Crippen LogP contribution in [0.15, 0.2) is 36.7 Å². The van der Waals surface area contributed by atoms with E-state index in [1.165, 1.54) is 27.8 Å². The standard InChI is InChI=1S/C16H21N3/c1-11-7-13(3)15(8-12(11)2)16(19-17)9-14-5-4-6-18-10-14/h4-8,10,16,19H,9,17H2,1-3H3. The molecule has 3 nitrogen and oxygen atoms in total. The third-order valence-electron chi connectivity index (χ3n) is 3.62. The molecule has 0 aliphatic carbocycles. The summed E-state index contributed by atoms with van der Waals surface area (Å²) in [5.74, 6) is 5.74. The molecule has 0 saturated heterocycles. The maximum Gasteiger partial charge on any atom is 0.0503 e. The van der Waals surface area contributed by atoms with Gasteiger partial charge in [-0.15, -0.1) is 0 Å². The smallest absolute Gasteiger partial charge is 0.0503 e. The number of benzene rings is 1. The van der Waals surface area contributed by atoms with E-state index in [9.17, 15) is 0 Å². The van der Waals surface area contributed by atoms with E-state index in [1.54, 1.807) is 6.20 Å². The highest BCUT2D eigenvalue weighted by Crippen LogP contribution is 2.24. The Morgan fingerprint density at radius 3 is 2.53 bits per heavy atom. The minimum Gasteiger partial charge on any atom is -0.271 e. The van der Waals surface area contributed by atoms with Gasteiger partial charge in [-0.05, 0) is 61.1 Å². The molecule has 0 amide bonds. The number of hydrazine groups is 1. The van der Waals surface area contributed by atoms with Crippen LogP contribution in [-0.4, -0.2) is 4.98 Å². The quantitative estimate of drug-likeness (QED) is 0.652. The van der Waals surface area contributed by atoms with Crippen LogP contribution in [0, 0.1) is 20.8 Å². The zero-order valence-electron chi connectivity index (χ0n) is 11.8. The second-order valence-corrected chi connectivity index (χ2v) is 5.08. The molecule has 1 unspecified atom stereocenters. The maximum absolute atomic E-state index is 5.74. The van der Waals surface area contributed by atoms with E-state index in [4.69, 9.17) is 5.84 Å². The van der Waals surface area contributed by atoms with Crippen molar-refractivity contribution < 1.29 is 0 Å². The van der Waals surface area contributed by atoms with Crippen molar-refractivity contribution in [3.8, 4) is 0 Å². The number of pyridine rings is 1. The van der Waals surface area contributed by atoms with Gasteiger partial charge in [-0.3, -0.25) is 16.3 Å². The number of hydrogen-bond donors (Lipinski definition) is 2. The lowest BCUT2D eigenvalue weighted by molar-refractivity contribution is 0.548. The van der Waals surface area contributed by atoms with Gasteiger partial charge >= 0.3 is 0 Å². The average Bonchev–Trinajstić information content (AvgIpc) is 2.42. The van der Waals surface area contributed by atoms with E-state index >= 15 is 0 Å². The van der Waals surface area contributed by atoms with Crippen molar-refractivity contribution in [1.29, 1.82) is 0 Å². The molecular formula is C16H21N3. The van der Waals surface area contributed by atoms with Crippen molar-refractivity contribution in [3.63, 3.8) is 0 Å². The highest BCUT2D eigenvalue weighted by molar-refractivity contribution is 5.38. The summed E-state index contributed by atoms with van der Waals surface area (Å²) in [5, 5.41) is 0. The van der Waals surface area contributed by atoms with Gasteiger partial charge in [0, 0.05) is 12.4 Å². The zero-order valence-corrected chi connectivity index (χ0v) is 11.8. The predicted molar refractivity (Wildman–Crippen MR) is 78.7 cm³/mol. The first kappa shape index (κ1) is 13.7. The summed E-state index contributed by atoms with van der Waals surface area (Å²) in [7, 11) is 0. The van der Waals surface area contributed by atoms with E-state index in [0.29, 0.717) is 0 Å². The van der Waals surface area contributed by atoms with Gasteiger partial charge in [-0.25, -0.2) is 0 Å². The number of aromatic nitrogens is 1. The fourth-order valence-corrected chi connectivity index (χ4v) is 2.37. The number of aryl methyl sites for hydroxylation is 3. The molecule has 2 rings (SSSR count). The van der Waals surface area contributed by atoms with Gasteiger partial charge in [0.25, 0.3) is 0 Å². The number of nitrogens with zero attached hydrogens (tertiary/aromatic N) is 1. The number of hydrogen-bond acceptors (Lipinski definition) is 3. The molecule has 3 N–H and O–H groups in total. The molecule has 1 aromatic heterocycles. The van der Waals surface area contributed by atoms with Gasteiger partial charge in [-0.1, -0.05) is 18.2 Å². The lowest BCUT2D eigenvalue weighted by Crippen LogP contribution is -2.30. The molecule has 1 aromatic carbocycles.